The molecule has 132 valence electrons. The molecular weight excluding hydrogens is 363 g/mol. The first-order chi connectivity index (χ1) is 11.3. The molecule has 0 radical (unpaired) electrons. The van der Waals surface area contributed by atoms with Gasteiger partial charge in [-0.25, -0.2) is 4.52 Å². The van der Waals surface area contributed by atoms with E-state index in [1.54, 1.807) is 18.5 Å². The van der Waals surface area contributed by atoms with Gasteiger partial charge in [0.1, 0.15) is 22.9 Å². The average molecular weight is 381 g/mol. The molecule has 4 rings (SSSR count). The predicted molar refractivity (Wildman–Crippen MR) is 98.4 cm³/mol. The van der Waals surface area contributed by atoms with E-state index in [4.69, 9.17) is 5.26 Å². The minimum Gasteiger partial charge on any atom is -0.506 e. The number of pyridine rings is 1. The predicted octanol–water partition coefficient (Wildman–Crippen LogP) is 2.54. The fourth-order valence-corrected chi connectivity index (χ4v) is 3.10. The summed E-state index contributed by atoms with van der Waals surface area (Å²) in [5, 5.41) is 31.2. The summed E-state index contributed by atoms with van der Waals surface area (Å²) in [5.41, 5.74) is 2.54. The number of nitrogens with one attached hydrogen (secondary N) is 1. The second kappa shape index (κ2) is 7.74. The number of piperidine rings is 1. The molecular formula is C16H18Cl2N6O. The van der Waals surface area contributed by atoms with Crippen LogP contribution in [0.5, 0.6) is 5.75 Å². The number of hydrogen-bond donors (Lipinski definition) is 2. The highest BCUT2D eigenvalue weighted by Gasteiger charge is 2.17. The molecule has 7 nitrogen and oxygen atoms in total. The van der Waals surface area contributed by atoms with Crippen LogP contribution in [0.15, 0.2) is 30.9 Å². The zero-order chi connectivity index (χ0) is 15.8. The number of fused-ring (bicyclic) bond motifs is 1. The van der Waals surface area contributed by atoms with E-state index in [-0.39, 0.29) is 30.6 Å². The molecule has 0 amide bonds. The van der Waals surface area contributed by atoms with Crippen molar-refractivity contribution in [3.05, 3.63) is 36.4 Å². The topological polar surface area (TPSA) is 91.2 Å². The van der Waals surface area contributed by atoms with E-state index in [0.717, 1.165) is 37.1 Å². The lowest BCUT2D eigenvalue weighted by molar-refractivity contribution is 0.343. The van der Waals surface area contributed by atoms with Crippen molar-refractivity contribution in [3.8, 4) is 22.9 Å². The molecule has 4 heterocycles. The van der Waals surface area contributed by atoms with Crippen molar-refractivity contribution in [2.45, 2.75) is 18.9 Å². The largest absolute Gasteiger partial charge is 0.506 e. The van der Waals surface area contributed by atoms with E-state index in [2.05, 4.69) is 15.5 Å². The Labute approximate surface area is 157 Å². The monoisotopic (exact) mass is 380 g/mol. The highest BCUT2D eigenvalue weighted by molar-refractivity contribution is 5.85. The minimum absolute atomic E-state index is 0. The normalized spacial score (nSPS) is 14.5. The molecule has 0 aromatic carbocycles. The molecule has 9 heteroatoms. The molecule has 2 N–H and O–H groups in total. The second-order valence-electron chi connectivity index (χ2n) is 5.77. The Hall–Kier alpha value is -2.27. The van der Waals surface area contributed by atoms with Gasteiger partial charge in [0.2, 0.25) is 0 Å². The SMILES string of the molecule is Cl.Cl.N#Cc1cnn2cc(-c3cnn(C4CCNCC4)c3)cc(O)c12. The summed E-state index contributed by atoms with van der Waals surface area (Å²) >= 11 is 0. The number of nitriles is 1. The van der Waals surface area contributed by atoms with Crippen LogP contribution in [0, 0.1) is 11.3 Å². The molecule has 25 heavy (non-hydrogen) atoms. The van der Waals surface area contributed by atoms with Crippen molar-refractivity contribution < 1.29 is 5.11 Å². The number of aromatic hydroxyl groups is 1. The zero-order valence-electron chi connectivity index (χ0n) is 13.3. The van der Waals surface area contributed by atoms with Crippen molar-refractivity contribution in [2.75, 3.05) is 13.1 Å². The Morgan fingerprint density at radius 3 is 2.60 bits per heavy atom. The third kappa shape index (κ3) is 3.42. The fraction of sp³-hybridized carbons (Fsp3) is 0.312. The molecule has 1 saturated heterocycles. The van der Waals surface area contributed by atoms with Gasteiger partial charge in [-0.1, -0.05) is 0 Å². The number of halogens is 2. The summed E-state index contributed by atoms with van der Waals surface area (Å²) in [4.78, 5) is 0. The van der Waals surface area contributed by atoms with Crippen LogP contribution >= 0.6 is 24.8 Å². The molecule has 3 aromatic heterocycles. The first-order valence-electron chi connectivity index (χ1n) is 7.62. The molecule has 0 atom stereocenters. The van der Waals surface area contributed by atoms with Crippen LogP contribution in [0.3, 0.4) is 0 Å². The van der Waals surface area contributed by atoms with Crippen LogP contribution in [0.4, 0.5) is 0 Å². The lowest BCUT2D eigenvalue weighted by Crippen LogP contribution is -2.29. The highest BCUT2D eigenvalue weighted by atomic mass is 35.5. The van der Waals surface area contributed by atoms with Gasteiger partial charge in [-0.15, -0.1) is 24.8 Å². The van der Waals surface area contributed by atoms with E-state index < -0.39 is 0 Å². The number of aromatic nitrogens is 4. The molecule has 0 bridgehead atoms. The Morgan fingerprint density at radius 2 is 1.88 bits per heavy atom. The van der Waals surface area contributed by atoms with Gasteiger partial charge >= 0.3 is 0 Å². The van der Waals surface area contributed by atoms with Crippen LogP contribution in [0.1, 0.15) is 24.4 Å². The van der Waals surface area contributed by atoms with Gasteiger partial charge in [-0.3, -0.25) is 4.68 Å². The van der Waals surface area contributed by atoms with Crippen molar-refractivity contribution >= 4 is 30.3 Å². The maximum absolute atomic E-state index is 10.2. The van der Waals surface area contributed by atoms with Crippen LogP contribution < -0.4 is 5.32 Å². The standard InChI is InChI=1S/C16H16N6O.2ClH/c17-6-12-7-20-22-9-11(5-15(23)16(12)22)13-8-19-21(10-13)14-1-3-18-4-2-14;;/h5,7-10,14,18,23H,1-4H2;2*1H. The minimum atomic E-state index is 0. The molecule has 0 spiro atoms. The molecule has 0 unspecified atom stereocenters. The van der Waals surface area contributed by atoms with Crippen molar-refractivity contribution in [1.82, 2.24) is 24.7 Å². The molecule has 0 aliphatic carbocycles. The maximum atomic E-state index is 10.2. The quantitative estimate of drug-likeness (QED) is 0.712. The first kappa shape index (κ1) is 19.1. The third-order valence-electron chi connectivity index (χ3n) is 4.33. The Kier molecular flexibility index (Phi) is 5.90. The van der Waals surface area contributed by atoms with Gasteiger partial charge < -0.3 is 10.4 Å². The zero-order valence-corrected chi connectivity index (χ0v) is 14.9. The fourth-order valence-electron chi connectivity index (χ4n) is 3.10. The summed E-state index contributed by atoms with van der Waals surface area (Å²) in [6.07, 6.45) is 9.20. The average Bonchev–Trinajstić information content (AvgIpc) is 3.22. The van der Waals surface area contributed by atoms with Crippen LogP contribution in [-0.2, 0) is 0 Å². The summed E-state index contributed by atoms with van der Waals surface area (Å²) in [7, 11) is 0. The van der Waals surface area contributed by atoms with Crippen LogP contribution in [0.25, 0.3) is 16.6 Å². The number of nitrogens with zero attached hydrogens (tertiary/aromatic N) is 5. The van der Waals surface area contributed by atoms with E-state index >= 15 is 0 Å². The first-order valence-corrected chi connectivity index (χ1v) is 7.62. The molecule has 1 aliphatic rings. The second-order valence-corrected chi connectivity index (χ2v) is 5.77. The van der Waals surface area contributed by atoms with Crippen molar-refractivity contribution in [3.63, 3.8) is 0 Å². The van der Waals surface area contributed by atoms with Crippen LogP contribution in [0.2, 0.25) is 0 Å². The van der Waals surface area contributed by atoms with Gasteiger partial charge in [0, 0.05) is 23.5 Å². The number of hydrogen-bond acceptors (Lipinski definition) is 5. The highest BCUT2D eigenvalue weighted by Crippen LogP contribution is 2.29. The maximum Gasteiger partial charge on any atom is 0.143 e. The van der Waals surface area contributed by atoms with E-state index in [9.17, 15) is 5.11 Å². The van der Waals surface area contributed by atoms with Crippen LogP contribution in [-0.4, -0.2) is 37.6 Å². The van der Waals surface area contributed by atoms with E-state index in [1.165, 1.54) is 10.7 Å². The Morgan fingerprint density at radius 1 is 1.12 bits per heavy atom. The van der Waals surface area contributed by atoms with Crippen molar-refractivity contribution in [2.24, 2.45) is 0 Å². The summed E-state index contributed by atoms with van der Waals surface area (Å²) in [6, 6.07) is 4.10. The van der Waals surface area contributed by atoms with Crippen molar-refractivity contribution in [1.29, 1.82) is 5.26 Å². The molecule has 1 aliphatic heterocycles. The Balaban J connectivity index is 0.00000113. The lowest BCUT2D eigenvalue weighted by Gasteiger charge is -2.22. The molecule has 0 saturated carbocycles. The van der Waals surface area contributed by atoms with Gasteiger partial charge in [0.05, 0.1) is 18.4 Å². The third-order valence-corrected chi connectivity index (χ3v) is 4.33. The summed E-state index contributed by atoms with van der Waals surface area (Å²) < 4.78 is 3.53. The van der Waals surface area contributed by atoms with E-state index in [1.807, 2.05) is 16.9 Å². The summed E-state index contributed by atoms with van der Waals surface area (Å²) in [5.74, 6) is 0.0474. The van der Waals surface area contributed by atoms with Gasteiger partial charge in [-0.05, 0) is 32.0 Å². The smallest absolute Gasteiger partial charge is 0.143 e. The van der Waals surface area contributed by atoms with E-state index in [0.29, 0.717) is 17.1 Å². The molecule has 1 fully saturated rings. The molecule has 3 aromatic rings. The van der Waals surface area contributed by atoms with Gasteiger partial charge in [0.15, 0.2) is 0 Å². The summed E-state index contributed by atoms with van der Waals surface area (Å²) in [6.45, 7) is 2.02. The van der Waals surface area contributed by atoms with Gasteiger partial charge in [0.25, 0.3) is 0 Å². The van der Waals surface area contributed by atoms with Gasteiger partial charge in [-0.2, -0.15) is 15.5 Å². The Bertz CT molecular complexity index is 907. The lowest BCUT2D eigenvalue weighted by atomic mass is 10.1. The number of rotatable bonds is 2.